The number of piperidine rings is 1. The molecule has 1 fully saturated rings. The highest BCUT2D eigenvalue weighted by Crippen LogP contribution is 2.19. The summed E-state index contributed by atoms with van der Waals surface area (Å²) in [5.74, 6) is 0. The number of para-hydroxylation sites is 1. The minimum atomic E-state index is 0.708. The molecule has 1 aliphatic heterocycles. The molecule has 2 aromatic carbocycles. The van der Waals surface area contributed by atoms with Crippen molar-refractivity contribution in [1.82, 2.24) is 4.90 Å². The Balaban J connectivity index is 1.54. The number of nitrogens with one attached hydrogen (secondary N) is 1. The highest BCUT2D eigenvalue weighted by atomic mass is 15.3. The third kappa shape index (κ3) is 4.67. The maximum absolute atomic E-state index is 4.28. The third-order valence-corrected chi connectivity index (χ3v) is 4.49. The molecule has 3 heteroatoms. The van der Waals surface area contributed by atoms with Crippen molar-refractivity contribution in [2.24, 2.45) is 5.10 Å². The number of benzene rings is 2. The molecule has 0 aromatic heterocycles. The fourth-order valence-electron chi connectivity index (χ4n) is 3.03. The lowest BCUT2D eigenvalue weighted by Gasteiger charge is -2.33. The van der Waals surface area contributed by atoms with E-state index in [-0.39, 0.29) is 0 Å². The molecule has 1 saturated heterocycles. The Morgan fingerprint density at radius 2 is 1.87 bits per heavy atom. The third-order valence-electron chi connectivity index (χ3n) is 4.49. The van der Waals surface area contributed by atoms with Crippen LogP contribution in [0.3, 0.4) is 0 Å². The van der Waals surface area contributed by atoms with Crippen molar-refractivity contribution in [2.75, 3.05) is 12.0 Å². The zero-order valence-corrected chi connectivity index (χ0v) is 13.8. The molecule has 1 aliphatic rings. The van der Waals surface area contributed by atoms with Crippen LogP contribution in [0.25, 0.3) is 0 Å². The second-order valence-electron chi connectivity index (χ2n) is 6.29. The predicted octanol–water partition coefficient (Wildman–Crippen LogP) is 4.51. The van der Waals surface area contributed by atoms with Gasteiger partial charge in [-0.1, -0.05) is 48.9 Å². The smallest absolute Gasteiger partial charge is 0.0561 e. The fourth-order valence-corrected chi connectivity index (χ4v) is 3.03. The number of hydrazone groups is 1. The maximum Gasteiger partial charge on any atom is 0.0561 e. The molecule has 0 bridgehead atoms. The predicted molar refractivity (Wildman–Crippen MR) is 97.8 cm³/mol. The van der Waals surface area contributed by atoms with Crippen molar-refractivity contribution in [2.45, 2.75) is 38.8 Å². The Morgan fingerprint density at radius 1 is 1.09 bits per heavy atom. The summed E-state index contributed by atoms with van der Waals surface area (Å²) in [6.45, 7) is 4.63. The van der Waals surface area contributed by atoms with E-state index in [1.165, 1.54) is 31.4 Å². The molecule has 0 spiro atoms. The van der Waals surface area contributed by atoms with Gasteiger partial charge in [-0.25, -0.2) is 0 Å². The van der Waals surface area contributed by atoms with Crippen molar-refractivity contribution < 1.29 is 0 Å². The van der Waals surface area contributed by atoms with Crippen LogP contribution < -0.4 is 5.43 Å². The van der Waals surface area contributed by atoms with Crippen LogP contribution in [0.15, 0.2) is 59.7 Å². The number of hydrogen-bond donors (Lipinski definition) is 1. The van der Waals surface area contributed by atoms with Crippen LogP contribution in [-0.2, 0) is 6.54 Å². The van der Waals surface area contributed by atoms with E-state index < -0.39 is 0 Å². The molecule has 0 amide bonds. The van der Waals surface area contributed by atoms with E-state index in [4.69, 9.17) is 0 Å². The van der Waals surface area contributed by atoms with Gasteiger partial charge in [-0.2, -0.15) is 5.10 Å². The lowest BCUT2D eigenvalue weighted by Crippen LogP contribution is -2.36. The molecule has 1 unspecified atom stereocenters. The van der Waals surface area contributed by atoms with E-state index in [9.17, 15) is 0 Å². The van der Waals surface area contributed by atoms with Crippen molar-refractivity contribution in [1.29, 1.82) is 0 Å². The average molecular weight is 307 g/mol. The topological polar surface area (TPSA) is 27.6 Å². The first-order chi connectivity index (χ1) is 11.3. The summed E-state index contributed by atoms with van der Waals surface area (Å²) in [4.78, 5) is 2.59. The molecule has 0 radical (unpaired) electrons. The second kappa shape index (κ2) is 7.93. The first-order valence-corrected chi connectivity index (χ1v) is 8.48. The van der Waals surface area contributed by atoms with E-state index >= 15 is 0 Å². The van der Waals surface area contributed by atoms with Crippen molar-refractivity contribution in [3.63, 3.8) is 0 Å². The molecular formula is C20H25N3. The van der Waals surface area contributed by atoms with E-state index in [1.807, 2.05) is 36.5 Å². The van der Waals surface area contributed by atoms with Gasteiger partial charge in [-0.3, -0.25) is 10.3 Å². The van der Waals surface area contributed by atoms with Crippen molar-refractivity contribution in [3.8, 4) is 0 Å². The van der Waals surface area contributed by atoms with Gasteiger partial charge in [0.1, 0.15) is 0 Å². The second-order valence-corrected chi connectivity index (χ2v) is 6.29. The molecular weight excluding hydrogens is 282 g/mol. The summed E-state index contributed by atoms with van der Waals surface area (Å²) < 4.78 is 0. The molecule has 120 valence electrons. The van der Waals surface area contributed by atoms with Gasteiger partial charge in [0, 0.05) is 12.6 Å². The van der Waals surface area contributed by atoms with Gasteiger partial charge >= 0.3 is 0 Å². The first-order valence-electron chi connectivity index (χ1n) is 8.48. The van der Waals surface area contributed by atoms with Gasteiger partial charge in [-0.15, -0.1) is 0 Å². The molecule has 0 aliphatic carbocycles. The van der Waals surface area contributed by atoms with Crippen LogP contribution in [0.5, 0.6) is 0 Å². The summed E-state index contributed by atoms with van der Waals surface area (Å²) in [7, 11) is 0. The lowest BCUT2D eigenvalue weighted by molar-refractivity contribution is 0.152. The Labute approximate surface area is 139 Å². The van der Waals surface area contributed by atoms with E-state index in [1.54, 1.807) is 0 Å². The molecule has 1 atom stereocenters. The number of hydrogen-bond acceptors (Lipinski definition) is 3. The van der Waals surface area contributed by atoms with Crippen molar-refractivity contribution in [3.05, 3.63) is 65.7 Å². The van der Waals surface area contributed by atoms with Crippen LogP contribution in [0, 0.1) is 0 Å². The monoisotopic (exact) mass is 307 g/mol. The number of rotatable bonds is 5. The minimum absolute atomic E-state index is 0.708. The number of likely N-dealkylation sites (tertiary alicyclic amines) is 1. The molecule has 0 saturated carbocycles. The van der Waals surface area contributed by atoms with Crippen LogP contribution in [-0.4, -0.2) is 23.7 Å². The van der Waals surface area contributed by atoms with E-state index in [0.29, 0.717) is 6.04 Å². The number of nitrogens with zero attached hydrogens (tertiary/aromatic N) is 2. The maximum atomic E-state index is 4.28. The molecule has 1 heterocycles. The van der Waals surface area contributed by atoms with Crippen LogP contribution in [0.4, 0.5) is 5.69 Å². The normalized spacial score (nSPS) is 19.1. The summed E-state index contributed by atoms with van der Waals surface area (Å²) >= 11 is 0. The Morgan fingerprint density at radius 3 is 2.61 bits per heavy atom. The zero-order chi connectivity index (χ0) is 15.9. The van der Waals surface area contributed by atoms with E-state index in [0.717, 1.165) is 17.8 Å². The van der Waals surface area contributed by atoms with Gasteiger partial charge in [0.2, 0.25) is 0 Å². The molecule has 3 nitrogen and oxygen atoms in total. The van der Waals surface area contributed by atoms with Gasteiger partial charge in [0.05, 0.1) is 11.9 Å². The Bertz CT molecular complexity index is 619. The van der Waals surface area contributed by atoms with Gasteiger partial charge in [0.15, 0.2) is 0 Å². The molecule has 3 rings (SSSR count). The SMILES string of the molecule is CC1CCCCN1Cc1ccc(C=NNc2ccccc2)cc1. The zero-order valence-electron chi connectivity index (χ0n) is 13.8. The van der Waals surface area contributed by atoms with Crippen LogP contribution >= 0.6 is 0 Å². The molecule has 2 aromatic rings. The van der Waals surface area contributed by atoms with Gasteiger partial charge in [0.25, 0.3) is 0 Å². The van der Waals surface area contributed by atoms with Gasteiger partial charge in [-0.05, 0) is 49.6 Å². The summed E-state index contributed by atoms with van der Waals surface area (Å²) in [6.07, 6.45) is 5.90. The fraction of sp³-hybridized carbons (Fsp3) is 0.350. The first kappa shape index (κ1) is 15.8. The standard InChI is InChI=1S/C20H25N3/c1-17-7-5-6-14-23(17)16-19-12-10-18(11-13-19)15-21-22-20-8-3-2-4-9-20/h2-4,8-13,15,17,22H,5-7,14,16H2,1H3. The minimum Gasteiger partial charge on any atom is -0.296 e. The highest BCUT2D eigenvalue weighted by molar-refractivity contribution is 5.80. The summed E-state index contributed by atoms with van der Waals surface area (Å²) in [5, 5.41) is 4.28. The summed E-state index contributed by atoms with van der Waals surface area (Å²) in [6, 6.07) is 19.4. The summed E-state index contributed by atoms with van der Waals surface area (Å²) in [5.41, 5.74) is 6.54. The van der Waals surface area contributed by atoms with Crippen LogP contribution in [0.1, 0.15) is 37.3 Å². The lowest BCUT2D eigenvalue weighted by atomic mass is 10.0. The largest absolute Gasteiger partial charge is 0.296 e. The van der Waals surface area contributed by atoms with Gasteiger partial charge < -0.3 is 0 Å². The van der Waals surface area contributed by atoms with Crippen LogP contribution in [0.2, 0.25) is 0 Å². The quantitative estimate of drug-likeness (QED) is 0.650. The number of anilines is 1. The Hall–Kier alpha value is -2.13. The average Bonchev–Trinajstić information content (AvgIpc) is 2.59. The van der Waals surface area contributed by atoms with Crippen molar-refractivity contribution >= 4 is 11.9 Å². The van der Waals surface area contributed by atoms with E-state index in [2.05, 4.69) is 46.6 Å². The Kier molecular flexibility index (Phi) is 5.43. The molecule has 23 heavy (non-hydrogen) atoms. The highest BCUT2D eigenvalue weighted by Gasteiger charge is 2.17. The molecule has 1 N–H and O–H groups in total.